The van der Waals surface area contributed by atoms with Crippen LogP contribution < -0.4 is 4.74 Å². The Balaban J connectivity index is 2.74. The number of hydrogen-bond donors (Lipinski definition) is 1. The molecule has 0 bridgehead atoms. The van der Waals surface area contributed by atoms with E-state index >= 15 is 0 Å². The van der Waals surface area contributed by atoms with Crippen molar-refractivity contribution < 1.29 is 23.8 Å². The normalized spacial score (nSPS) is 10.7. The molecule has 0 spiro atoms. The number of rotatable bonds is 4. The summed E-state index contributed by atoms with van der Waals surface area (Å²) in [7, 11) is 3.01. The van der Waals surface area contributed by atoms with Crippen molar-refractivity contribution in [2.45, 2.75) is 6.61 Å². The lowest BCUT2D eigenvalue weighted by molar-refractivity contribution is 0.0658. The number of carboxylic acid groups (broad SMARTS) is 1. The number of carboxylic acids is 1. The molecule has 0 fully saturated rings. The molecule has 0 saturated heterocycles. The summed E-state index contributed by atoms with van der Waals surface area (Å²) in [5.41, 5.74) is 0.952. The Kier molecular flexibility index (Phi) is 3.01. The summed E-state index contributed by atoms with van der Waals surface area (Å²) in [6, 6.07) is 5.28. The number of fused-ring (bicyclic) bond motifs is 1. The third-order valence-electron chi connectivity index (χ3n) is 2.49. The first kappa shape index (κ1) is 11.5. The molecule has 90 valence electrons. The van der Waals surface area contributed by atoms with Crippen LogP contribution in [0.2, 0.25) is 0 Å². The second-order valence-corrected chi connectivity index (χ2v) is 3.48. The van der Waals surface area contributed by atoms with Gasteiger partial charge in [0.15, 0.2) is 11.3 Å². The molecule has 0 unspecified atom stereocenters. The molecule has 0 radical (unpaired) electrons. The smallest absolute Gasteiger partial charge is 0.372 e. The maximum Gasteiger partial charge on any atom is 0.372 e. The Morgan fingerprint density at radius 3 is 2.76 bits per heavy atom. The lowest BCUT2D eigenvalue weighted by atomic mass is 10.1. The zero-order valence-electron chi connectivity index (χ0n) is 9.52. The Bertz CT molecular complexity index is 555. The average molecular weight is 236 g/mol. The minimum atomic E-state index is -1.12. The van der Waals surface area contributed by atoms with E-state index in [4.69, 9.17) is 19.0 Å². The summed E-state index contributed by atoms with van der Waals surface area (Å²) < 4.78 is 15.5. The molecule has 0 atom stereocenters. The highest BCUT2D eigenvalue weighted by Gasteiger charge is 2.21. The van der Waals surface area contributed by atoms with Gasteiger partial charge in [0.25, 0.3) is 0 Å². The fourth-order valence-corrected chi connectivity index (χ4v) is 1.77. The van der Waals surface area contributed by atoms with Gasteiger partial charge in [0.2, 0.25) is 5.76 Å². The Labute approximate surface area is 97.6 Å². The summed E-state index contributed by atoms with van der Waals surface area (Å²) in [4.78, 5) is 11.1. The molecule has 17 heavy (non-hydrogen) atoms. The van der Waals surface area contributed by atoms with Gasteiger partial charge in [-0.1, -0.05) is 12.1 Å². The van der Waals surface area contributed by atoms with Crippen LogP contribution in [0.5, 0.6) is 5.75 Å². The van der Waals surface area contributed by atoms with Gasteiger partial charge in [0, 0.05) is 18.1 Å². The summed E-state index contributed by atoms with van der Waals surface area (Å²) in [6.45, 7) is 0.182. The van der Waals surface area contributed by atoms with E-state index in [0.29, 0.717) is 22.3 Å². The first-order chi connectivity index (χ1) is 8.19. The van der Waals surface area contributed by atoms with Crippen molar-refractivity contribution in [2.24, 2.45) is 0 Å². The molecule has 0 saturated carbocycles. The van der Waals surface area contributed by atoms with Gasteiger partial charge >= 0.3 is 5.97 Å². The van der Waals surface area contributed by atoms with Gasteiger partial charge in [-0.25, -0.2) is 4.79 Å². The highest BCUT2D eigenvalue weighted by molar-refractivity contribution is 5.96. The molecule has 0 amide bonds. The van der Waals surface area contributed by atoms with Gasteiger partial charge in [-0.05, 0) is 6.07 Å². The molecule has 0 aliphatic heterocycles. The number of carbonyl (C=O) groups is 1. The molecule has 5 nitrogen and oxygen atoms in total. The van der Waals surface area contributed by atoms with E-state index in [1.54, 1.807) is 18.2 Å². The number of benzene rings is 1. The highest BCUT2D eigenvalue weighted by atomic mass is 16.5. The Morgan fingerprint density at radius 1 is 1.41 bits per heavy atom. The third kappa shape index (κ3) is 1.85. The predicted octanol–water partition coefficient (Wildman–Crippen LogP) is 2.29. The number of aromatic carboxylic acids is 1. The van der Waals surface area contributed by atoms with Gasteiger partial charge in [-0.3, -0.25) is 0 Å². The molecular formula is C12H12O5. The van der Waals surface area contributed by atoms with Crippen molar-refractivity contribution in [2.75, 3.05) is 14.2 Å². The molecule has 1 N–H and O–H groups in total. The van der Waals surface area contributed by atoms with Gasteiger partial charge in [0.1, 0.15) is 0 Å². The van der Waals surface area contributed by atoms with Crippen LogP contribution in [0.4, 0.5) is 0 Å². The van der Waals surface area contributed by atoms with Gasteiger partial charge in [0.05, 0.1) is 13.7 Å². The van der Waals surface area contributed by atoms with Crippen LogP contribution >= 0.6 is 0 Å². The lowest BCUT2D eigenvalue weighted by Crippen LogP contribution is -1.99. The molecule has 5 heteroatoms. The maximum absolute atomic E-state index is 11.1. The topological polar surface area (TPSA) is 68.9 Å². The van der Waals surface area contributed by atoms with E-state index in [0.717, 1.165) is 0 Å². The third-order valence-corrected chi connectivity index (χ3v) is 2.49. The summed E-state index contributed by atoms with van der Waals surface area (Å²) in [5.74, 6) is -0.714. The van der Waals surface area contributed by atoms with Gasteiger partial charge in [-0.15, -0.1) is 0 Å². The van der Waals surface area contributed by atoms with E-state index < -0.39 is 5.97 Å². The molecule has 2 rings (SSSR count). The molecule has 1 aromatic heterocycles. The van der Waals surface area contributed by atoms with E-state index in [-0.39, 0.29) is 12.4 Å². The van der Waals surface area contributed by atoms with Crippen LogP contribution in [0.1, 0.15) is 16.1 Å². The molecule has 1 heterocycles. The van der Waals surface area contributed by atoms with Crippen LogP contribution in [0.15, 0.2) is 22.6 Å². The van der Waals surface area contributed by atoms with Crippen LogP contribution in [0.3, 0.4) is 0 Å². The predicted molar refractivity (Wildman–Crippen MR) is 60.4 cm³/mol. The van der Waals surface area contributed by atoms with Crippen molar-refractivity contribution in [3.8, 4) is 5.75 Å². The molecule has 0 aliphatic carbocycles. The van der Waals surface area contributed by atoms with Crippen LogP contribution in [0, 0.1) is 0 Å². The average Bonchev–Trinajstić information content (AvgIpc) is 2.69. The number of ether oxygens (including phenoxy) is 2. The number of methoxy groups -OCH3 is 2. The Hall–Kier alpha value is -2.01. The molecule has 2 aromatic rings. The zero-order valence-corrected chi connectivity index (χ0v) is 9.52. The van der Waals surface area contributed by atoms with Crippen molar-refractivity contribution >= 4 is 16.9 Å². The quantitative estimate of drug-likeness (QED) is 0.881. The van der Waals surface area contributed by atoms with Crippen LogP contribution in [0.25, 0.3) is 11.0 Å². The van der Waals surface area contributed by atoms with Crippen LogP contribution in [-0.2, 0) is 11.3 Å². The van der Waals surface area contributed by atoms with Gasteiger partial charge < -0.3 is 19.0 Å². The Morgan fingerprint density at radius 2 is 2.18 bits per heavy atom. The second kappa shape index (κ2) is 4.47. The highest BCUT2D eigenvalue weighted by Crippen LogP contribution is 2.33. The van der Waals surface area contributed by atoms with Crippen molar-refractivity contribution in [3.05, 3.63) is 29.5 Å². The van der Waals surface area contributed by atoms with E-state index in [2.05, 4.69) is 0 Å². The minimum Gasteiger partial charge on any atom is -0.493 e. The SMILES string of the molecule is COCc1c(C(=O)O)oc2c(OC)cccc12. The second-order valence-electron chi connectivity index (χ2n) is 3.48. The molecule has 0 aliphatic rings. The van der Waals surface area contributed by atoms with Crippen molar-refractivity contribution in [1.29, 1.82) is 0 Å². The summed E-state index contributed by atoms with van der Waals surface area (Å²) in [6.07, 6.45) is 0. The van der Waals surface area contributed by atoms with Crippen LogP contribution in [-0.4, -0.2) is 25.3 Å². The monoisotopic (exact) mass is 236 g/mol. The maximum atomic E-state index is 11.1. The number of furan rings is 1. The minimum absolute atomic E-state index is 0.105. The lowest BCUT2D eigenvalue weighted by Gasteiger charge is -1.99. The number of hydrogen-bond acceptors (Lipinski definition) is 4. The van der Waals surface area contributed by atoms with E-state index in [1.807, 2.05) is 0 Å². The zero-order chi connectivity index (χ0) is 12.4. The summed E-state index contributed by atoms with van der Waals surface area (Å²) >= 11 is 0. The van der Waals surface area contributed by atoms with E-state index in [1.165, 1.54) is 14.2 Å². The first-order valence-corrected chi connectivity index (χ1v) is 4.99. The summed E-state index contributed by atoms with van der Waals surface area (Å²) in [5, 5.41) is 9.76. The fourth-order valence-electron chi connectivity index (χ4n) is 1.77. The largest absolute Gasteiger partial charge is 0.493 e. The fraction of sp³-hybridized carbons (Fsp3) is 0.250. The molecular weight excluding hydrogens is 224 g/mol. The molecule has 1 aromatic carbocycles. The van der Waals surface area contributed by atoms with Crippen molar-refractivity contribution in [3.63, 3.8) is 0 Å². The van der Waals surface area contributed by atoms with Crippen molar-refractivity contribution in [1.82, 2.24) is 0 Å². The van der Waals surface area contributed by atoms with Gasteiger partial charge in [-0.2, -0.15) is 0 Å². The van der Waals surface area contributed by atoms with E-state index in [9.17, 15) is 4.79 Å². The first-order valence-electron chi connectivity index (χ1n) is 4.99. The number of para-hydroxylation sites is 1. The standard InChI is InChI=1S/C12H12O5/c1-15-6-8-7-4-3-5-9(16-2)10(7)17-11(8)12(13)14/h3-5H,6H2,1-2H3,(H,13,14).